The average molecular weight is 483 g/mol. The highest BCUT2D eigenvalue weighted by atomic mass is 19.2. The summed E-state index contributed by atoms with van der Waals surface area (Å²) in [5.74, 6) is -4.68. The SMILES string of the molecule is C[C@]1(N)[C@H](n2ccc(=O)[nH]c2=O)O[C@](F)(COC(=O)c2ccccc2)[C@H]1OC(=O)c1ccccc1. The summed E-state index contributed by atoms with van der Waals surface area (Å²) in [5.41, 5.74) is 3.24. The molecule has 1 fully saturated rings. The van der Waals surface area contributed by atoms with Crippen molar-refractivity contribution in [3.8, 4) is 0 Å². The number of aromatic nitrogens is 2. The first-order chi connectivity index (χ1) is 16.6. The summed E-state index contributed by atoms with van der Waals surface area (Å²) in [6, 6.07) is 16.7. The number of aromatic amines is 1. The molecule has 182 valence electrons. The van der Waals surface area contributed by atoms with Crippen LogP contribution in [-0.2, 0) is 14.2 Å². The smallest absolute Gasteiger partial charge is 0.338 e. The van der Waals surface area contributed by atoms with E-state index >= 15 is 4.39 Å². The molecule has 1 aliphatic heterocycles. The van der Waals surface area contributed by atoms with Gasteiger partial charge in [0.25, 0.3) is 11.4 Å². The van der Waals surface area contributed by atoms with E-state index in [2.05, 4.69) is 0 Å². The predicted octanol–water partition coefficient (Wildman–Crippen LogP) is 1.53. The van der Waals surface area contributed by atoms with Crippen molar-refractivity contribution < 1.29 is 28.2 Å². The van der Waals surface area contributed by atoms with E-state index in [9.17, 15) is 19.2 Å². The third-order valence-electron chi connectivity index (χ3n) is 5.54. The number of benzene rings is 2. The summed E-state index contributed by atoms with van der Waals surface area (Å²) >= 11 is 0. The van der Waals surface area contributed by atoms with Crippen LogP contribution in [0.2, 0.25) is 0 Å². The third kappa shape index (κ3) is 4.77. The molecule has 1 aliphatic rings. The number of alkyl halides is 1. The fourth-order valence-corrected chi connectivity index (χ4v) is 3.83. The number of esters is 2. The van der Waals surface area contributed by atoms with Crippen molar-refractivity contribution in [3.63, 3.8) is 0 Å². The number of hydrogen-bond donors (Lipinski definition) is 2. The summed E-state index contributed by atoms with van der Waals surface area (Å²) in [4.78, 5) is 51.1. The normalized spacial score (nSPS) is 25.7. The molecule has 2 heterocycles. The van der Waals surface area contributed by atoms with Gasteiger partial charge in [0.1, 0.15) is 5.54 Å². The van der Waals surface area contributed by atoms with Crippen LogP contribution in [-0.4, -0.2) is 45.6 Å². The lowest BCUT2D eigenvalue weighted by atomic mass is 9.92. The molecule has 35 heavy (non-hydrogen) atoms. The highest BCUT2D eigenvalue weighted by Gasteiger charge is 2.65. The summed E-state index contributed by atoms with van der Waals surface area (Å²) in [5, 5.41) is 0. The molecule has 0 unspecified atom stereocenters. The molecule has 0 spiro atoms. The number of carbonyl (C=O) groups is 2. The van der Waals surface area contributed by atoms with Crippen molar-refractivity contribution in [3.05, 3.63) is 105 Å². The van der Waals surface area contributed by atoms with Gasteiger partial charge in [-0.25, -0.2) is 18.8 Å². The largest absolute Gasteiger partial charge is 0.456 e. The van der Waals surface area contributed by atoms with Crippen molar-refractivity contribution in [2.45, 2.75) is 30.6 Å². The average Bonchev–Trinajstić information content (AvgIpc) is 3.04. The fourth-order valence-electron chi connectivity index (χ4n) is 3.83. The number of ether oxygens (including phenoxy) is 3. The van der Waals surface area contributed by atoms with Crippen LogP contribution in [0.4, 0.5) is 4.39 Å². The van der Waals surface area contributed by atoms with Gasteiger partial charge in [-0.3, -0.25) is 14.3 Å². The Morgan fingerprint density at radius 1 is 1.03 bits per heavy atom. The van der Waals surface area contributed by atoms with E-state index < -0.39 is 53.5 Å². The van der Waals surface area contributed by atoms with Gasteiger partial charge in [-0.15, -0.1) is 0 Å². The van der Waals surface area contributed by atoms with E-state index in [1.807, 2.05) is 4.98 Å². The maximum atomic E-state index is 16.3. The minimum atomic E-state index is -2.93. The molecule has 0 aliphatic carbocycles. The van der Waals surface area contributed by atoms with Crippen LogP contribution in [0.5, 0.6) is 0 Å². The Bertz CT molecular complexity index is 1340. The highest BCUT2D eigenvalue weighted by Crippen LogP contribution is 2.45. The van der Waals surface area contributed by atoms with E-state index in [0.29, 0.717) is 0 Å². The van der Waals surface area contributed by atoms with Crippen molar-refractivity contribution in [1.82, 2.24) is 9.55 Å². The van der Waals surface area contributed by atoms with Crippen LogP contribution in [0, 0.1) is 0 Å². The number of H-pyrrole nitrogens is 1. The lowest BCUT2D eigenvalue weighted by Crippen LogP contribution is -2.57. The van der Waals surface area contributed by atoms with Gasteiger partial charge in [-0.1, -0.05) is 36.4 Å². The third-order valence-corrected chi connectivity index (χ3v) is 5.54. The molecule has 2 aromatic carbocycles. The second kappa shape index (κ2) is 9.28. The zero-order valence-electron chi connectivity index (χ0n) is 18.6. The van der Waals surface area contributed by atoms with Crippen molar-refractivity contribution >= 4 is 11.9 Å². The molecule has 3 aromatic rings. The minimum Gasteiger partial charge on any atom is -0.456 e. The molecule has 0 amide bonds. The van der Waals surface area contributed by atoms with E-state index in [4.69, 9.17) is 19.9 Å². The number of nitrogens with two attached hydrogens (primary N) is 1. The van der Waals surface area contributed by atoms with Crippen LogP contribution in [0.25, 0.3) is 0 Å². The van der Waals surface area contributed by atoms with Gasteiger partial charge in [-0.2, -0.15) is 0 Å². The standard InChI is InChI=1S/C24H22FN3O7/c1-23(26)20(34-19(31)16-10-6-3-7-11-16)24(25,14-33-18(30)15-8-4-2-5-9-15)35-21(23)28-13-12-17(29)27-22(28)32/h2-13,20-21H,14,26H2,1H3,(H,27,29,32)/t20-,21+,23+,24+/m0/s1. The Hall–Kier alpha value is -4.09. The van der Waals surface area contributed by atoms with Gasteiger partial charge in [0.2, 0.25) is 0 Å². The molecule has 10 nitrogen and oxygen atoms in total. The molecule has 0 saturated carbocycles. The van der Waals surface area contributed by atoms with E-state index in [0.717, 1.165) is 16.8 Å². The van der Waals surface area contributed by atoms with Gasteiger partial charge in [0.15, 0.2) is 18.9 Å². The fraction of sp³-hybridized carbons (Fsp3) is 0.250. The Balaban J connectivity index is 1.68. The topological polar surface area (TPSA) is 143 Å². The van der Waals surface area contributed by atoms with Crippen molar-refractivity contribution in [2.75, 3.05) is 6.61 Å². The van der Waals surface area contributed by atoms with Crippen molar-refractivity contribution in [2.24, 2.45) is 5.73 Å². The Morgan fingerprint density at radius 3 is 2.17 bits per heavy atom. The second-order valence-corrected chi connectivity index (χ2v) is 8.23. The first-order valence-electron chi connectivity index (χ1n) is 10.6. The number of carbonyl (C=O) groups excluding carboxylic acids is 2. The maximum absolute atomic E-state index is 16.3. The second-order valence-electron chi connectivity index (χ2n) is 8.23. The Kier molecular flexibility index (Phi) is 6.37. The number of rotatable bonds is 6. The van der Waals surface area contributed by atoms with Gasteiger partial charge in [-0.05, 0) is 31.2 Å². The van der Waals surface area contributed by atoms with Gasteiger partial charge in [0, 0.05) is 12.3 Å². The molecule has 1 aromatic heterocycles. The maximum Gasteiger partial charge on any atom is 0.338 e. The monoisotopic (exact) mass is 483 g/mol. The zero-order valence-corrected chi connectivity index (χ0v) is 18.6. The summed E-state index contributed by atoms with van der Waals surface area (Å²) in [7, 11) is 0. The summed E-state index contributed by atoms with van der Waals surface area (Å²) in [6.07, 6.45) is -2.26. The van der Waals surface area contributed by atoms with Gasteiger partial charge in [0.05, 0.1) is 11.1 Å². The van der Waals surface area contributed by atoms with Crippen molar-refractivity contribution in [1.29, 1.82) is 0 Å². The van der Waals surface area contributed by atoms with Crippen LogP contribution in [0.15, 0.2) is 82.5 Å². The molecule has 0 radical (unpaired) electrons. The molecular formula is C24H22FN3O7. The molecule has 11 heteroatoms. The molecular weight excluding hydrogens is 461 g/mol. The number of nitrogens with zero attached hydrogens (tertiary/aromatic N) is 1. The van der Waals surface area contributed by atoms with Crippen LogP contribution in [0.3, 0.4) is 0 Å². The number of hydrogen-bond acceptors (Lipinski definition) is 8. The van der Waals surface area contributed by atoms with Gasteiger partial charge < -0.3 is 19.9 Å². The highest BCUT2D eigenvalue weighted by molar-refractivity contribution is 5.90. The predicted molar refractivity (Wildman–Crippen MR) is 120 cm³/mol. The first-order valence-corrected chi connectivity index (χ1v) is 10.6. The quantitative estimate of drug-likeness (QED) is 0.503. The number of halogens is 1. The van der Waals surface area contributed by atoms with Gasteiger partial charge >= 0.3 is 17.6 Å². The van der Waals surface area contributed by atoms with E-state index in [1.54, 1.807) is 36.4 Å². The molecule has 4 atom stereocenters. The lowest BCUT2D eigenvalue weighted by Gasteiger charge is -2.32. The molecule has 4 rings (SSSR count). The number of nitrogens with one attached hydrogen (secondary N) is 1. The lowest BCUT2D eigenvalue weighted by molar-refractivity contribution is -0.208. The van der Waals surface area contributed by atoms with Crippen LogP contribution in [0.1, 0.15) is 33.9 Å². The van der Waals surface area contributed by atoms with E-state index in [1.165, 1.54) is 31.2 Å². The Labute approximate surface area is 198 Å². The summed E-state index contributed by atoms with van der Waals surface area (Å²) < 4.78 is 33.3. The molecule has 1 saturated heterocycles. The van der Waals surface area contributed by atoms with E-state index in [-0.39, 0.29) is 11.1 Å². The zero-order chi connectivity index (χ0) is 25.2. The van der Waals surface area contributed by atoms with Crippen LogP contribution < -0.4 is 17.0 Å². The minimum absolute atomic E-state index is 0.122. The molecule has 3 N–H and O–H groups in total. The summed E-state index contributed by atoms with van der Waals surface area (Å²) in [6.45, 7) is 0.327. The molecule has 0 bridgehead atoms. The van der Waals surface area contributed by atoms with Crippen LogP contribution >= 0.6 is 0 Å². The first kappa shape index (κ1) is 24.0. The Morgan fingerprint density at radius 2 is 1.60 bits per heavy atom.